The molecule has 2 fully saturated rings. The third-order valence-electron chi connectivity index (χ3n) is 8.14. The molecule has 0 atom stereocenters. The number of aromatic nitrogens is 2. The SMILES string of the molecule is CCN1CCN(c2ccc(-c3n[nH]c4c3C(=O)c3c(NC(=O)NN(C)C5CCOCC5)cccc3-4)cc2)CC1. The molecule has 1 aromatic heterocycles. The van der Waals surface area contributed by atoms with Gasteiger partial charge in [0.25, 0.3) is 0 Å². The number of benzene rings is 2. The van der Waals surface area contributed by atoms with Gasteiger partial charge in [-0.2, -0.15) is 5.10 Å². The summed E-state index contributed by atoms with van der Waals surface area (Å²) in [5, 5.41) is 12.3. The second-order valence-corrected chi connectivity index (χ2v) is 10.4. The van der Waals surface area contributed by atoms with Crippen molar-refractivity contribution < 1.29 is 14.3 Å². The third kappa shape index (κ3) is 4.91. The Morgan fingerprint density at radius 3 is 2.54 bits per heavy atom. The Kier molecular flexibility index (Phi) is 7.07. The van der Waals surface area contributed by atoms with Crippen LogP contribution < -0.4 is 15.6 Å². The van der Waals surface area contributed by atoms with Crippen LogP contribution in [0.2, 0.25) is 0 Å². The highest BCUT2D eigenvalue weighted by Crippen LogP contribution is 2.43. The first-order valence-corrected chi connectivity index (χ1v) is 13.8. The number of carbonyl (C=O) groups is 2. The van der Waals surface area contributed by atoms with Gasteiger partial charge >= 0.3 is 6.03 Å². The van der Waals surface area contributed by atoms with Crippen molar-refractivity contribution in [2.75, 3.05) is 63.2 Å². The number of hydrogen-bond donors (Lipinski definition) is 3. The summed E-state index contributed by atoms with van der Waals surface area (Å²) in [5.41, 5.74) is 8.52. The van der Waals surface area contributed by atoms with Crippen molar-refractivity contribution in [3.63, 3.8) is 0 Å². The number of urea groups is 1. The highest BCUT2D eigenvalue weighted by Gasteiger charge is 2.35. The van der Waals surface area contributed by atoms with E-state index in [1.807, 2.05) is 36.3 Å². The van der Waals surface area contributed by atoms with E-state index in [1.54, 1.807) is 6.07 Å². The van der Waals surface area contributed by atoms with E-state index < -0.39 is 0 Å². The zero-order valence-electron chi connectivity index (χ0n) is 22.5. The van der Waals surface area contributed by atoms with Gasteiger partial charge in [0, 0.05) is 69.3 Å². The largest absolute Gasteiger partial charge is 0.381 e. The van der Waals surface area contributed by atoms with Gasteiger partial charge in [0.1, 0.15) is 5.69 Å². The summed E-state index contributed by atoms with van der Waals surface area (Å²) >= 11 is 0. The minimum Gasteiger partial charge on any atom is -0.381 e. The molecular weight excluding hydrogens is 494 g/mol. The van der Waals surface area contributed by atoms with Gasteiger partial charge in [0.15, 0.2) is 5.78 Å². The topological polar surface area (TPSA) is 106 Å². The van der Waals surface area contributed by atoms with E-state index >= 15 is 0 Å². The Morgan fingerprint density at radius 2 is 1.82 bits per heavy atom. The van der Waals surface area contributed by atoms with E-state index in [4.69, 9.17) is 4.74 Å². The highest BCUT2D eigenvalue weighted by atomic mass is 16.5. The standard InChI is InChI=1S/C29H35N7O3/c1-3-35-13-15-36(16-14-35)21-9-7-19(8-10-21)26-25-27(32-31-26)22-5-4-6-23(24(22)28(25)37)30-29(38)33-34(2)20-11-17-39-18-12-20/h4-10,20H,3,11-18H2,1-2H3,(H,31,32)(H2,30,33,38). The first-order valence-electron chi connectivity index (χ1n) is 13.8. The van der Waals surface area contributed by atoms with Crippen molar-refractivity contribution in [2.24, 2.45) is 0 Å². The fraction of sp³-hybridized carbons (Fsp3) is 0.414. The molecule has 10 nitrogen and oxygen atoms in total. The van der Waals surface area contributed by atoms with Gasteiger partial charge in [-0.1, -0.05) is 31.2 Å². The molecule has 0 radical (unpaired) electrons. The van der Waals surface area contributed by atoms with Gasteiger partial charge in [0.05, 0.1) is 22.5 Å². The number of ether oxygens (including phenoxy) is 1. The lowest BCUT2D eigenvalue weighted by molar-refractivity contribution is 0.0312. The molecule has 1 aliphatic carbocycles. The van der Waals surface area contributed by atoms with Gasteiger partial charge in [-0.15, -0.1) is 0 Å². The number of hydrazine groups is 1. The summed E-state index contributed by atoms with van der Waals surface area (Å²) in [6, 6.07) is 13.6. The minimum atomic E-state index is -0.380. The number of likely N-dealkylation sites (N-methyl/N-ethyl adjacent to an activating group) is 1. The number of anilines is 2. The molecule has 2 aliphatic heterocycles. The number of fused-ring (bicyclic) bond motifs is 3. The quantitative estimate of drug-likeness (QED) is 0.328. The van der Waals surface area contributed by atoms with Gasteiger partial charge < -0.3 is 19.9 Å². The number of carbonyl (C=O) groups excluding carboxylic acids is 2. The number of aromatic amines is 1. The zero-order chi connectivity index (χ0) is 26.9. The van der Waals surface area contributed by atoms with Crippen LogP contribution in [0.5, 0.6) is 0 Å². The van der Waals surface area contributed by atoms with Crippen LogP contribution in [0.1, 0.15) is 35.7 Å². The molecule has 0 bridgehead atoms. The predicted octanol–water partition coefficient (Wildman–Crippen LogP) is 3.58. The van der Waals surface area contributed by atoms with Gasteiger partial charge in [0.2, 0.25) is 0 Å². The number of piperazine rings is 1. The zero-order valence-corrected chi connectivity index (χ0v) is 22.5. The van der Waals surface area contributed by atoms with Crippen molar-refractivity contribution in [1.82, 2.24) is 25.5 Å². The molecule has 0 spiro atoms. The van der Waals surface area contributed by atoms with Crippen LogP contribution >= 0.6 is 0 Å². The molecule has 2 saturated heterocycles. The van der Waals surface area contributed by atoms with Crippen LogP contribution in [-0.4, -0.2) is 90.9 Å². The molecular formula is C29H35N7O3. The highest BCUT2D eigenvalue weighted by molar-refractivity contribution is 6.26. The minimum absolute atomic E-state index is 0.141. The maximum atomic E-state index is 13.7. The molecule has 39 heavy (non-hydrogen) atoms. The maximum absolute atomic E-state index is 13.7. The molecule has 204 valence electrons. The van der Waals surface area contributed by atoms with Gasteiger partial charge in [-0.3, -0.25) is 15.3 Å². The summed E-state index contributed by atoms with van der Waals surface area (Å²) in [4.78, 5) is 31.4. The lowest BCUT2D eigenvalue weighted by Crippen LogP contribution is -2.49. The Morgan fingerprint density at radius 1 is 1.08 bits per heavy atom. The summed E-state index contributed by atoms with van der Waals surface area (Å²) in [7, 11) is 1.86. The molecule has 2 aromatic carbocycles. The average molecular weight is 530 g/mol. The second-order valence-electron chi connectivity index (χ2n) is 10.4. The number of hydrogen-bond acceptors (Lipinski definition) is 7. The van der Waals surface area contributed by atoms with Crippen molar-refractivity contribution in [3.05, 3.63) is 53.6 Å². The van der Waals surface area contributed by atoms with E-state index in [0.29, 0.717) is 41.4 Å². The number of ketones is 1. The molecule has 2 amide bonds. The number of amides is 2. The van der Waals surface area contributed by atoms with Crippen LogP contribution in [0.15, 0.2) is 42.5 Å². The monoisotopic (exact) mass is 529 g/mol. The predicted molar refractivity (Wildman–Crippen MR) is 151 cm³/mol. The van der Waals surface area contributed by atoms with Crippen LogP contribution in [0, 0.1) is 0 Å². The Labute approximate surface area is 228 Å². The van der Waals surface area contributed by atoms with Crippen LogP contribution in [0.3, 0.4) is 0 Å². The van der Waals surface area contributed by atoms with Crippen molar-refractivity contribution in [1.29, 1.82) is 0 Å². The average Bonchev–Trinajstić information content (AvgIpc) is 3.53. The number of nitrogens with zero attached hydrogens (tertiary/aromatic N) is 4. The first-order chi connectivity index (χ1) is 19.0. The van der Waals surface area contributed by atoms with E-state index in [0.717, 1.165) is 56.7 Å². The van der Waals surface area contributed by atoms with Crippen LogP contribution in [0.25, 0.3) is 22.5 Å². The summed E-state index contributed by atoms with van der Waals surface area (Å²) in [6.45, 7) is 8.81. The number of H-pyrrole nitrogens is 1. The van der Waals surface area contributed by atoms with E-state index in [1.165, 1.54) is 5.69 Å². The van der Waals surface area contributed by atoms with E-state index in [9.17, 15) is 9.59 Å². The Hall–Kier alpha value is -3.73. The van der Waals surface area contributed by atoms with E-state index in [2.05, 4.69) is 49.8 Å². The molecule has 10 heteroatoms. The lowest BCUT2D eigenvalue weighted by atomic mass is 10.0. The summed E-state index contributed by atoms with van der Waals surface area (Å²) in [6.07, 6.45) is 1.72. The number of rotatable bonds is 6. The molecule has 6 rings (SSSR count). The first kappa shape index (κ1) is 25.5. The fourth-order valence-electron chi connectivity index (χ4n) is 5.83. The van der Waals surface area contributed by atoms with Crippen molar-refractivity contribution in [3.8, 4) is 22.5 Å². The summed E-state index contributed by atoms with van der Waals surface area (Å²) < 4.78 is 5.41. The lowest BCUT2D eigenvalue weighted by Gasteiger charge is -2.35. The summed E-state index contributed by atoms with van der Waals surface area (Å²) in [5.74, 6) is -0.141. The third-order valence-corrected chi connectivity index (χ3v) is 8.14. The van der Waals surface area contributed by atoms with Crippen LogP contribution in [0.4, 0.5) is 16.2 Å². The Balaban J connectivity index is 1.18. The molecule has 0 saturated carbocycles. The molecule has 3 aromatic rings. The van der Waals surface area contributed by atoms with Gasteiger partial charge in [-0.05, 0) is 37.6 Å². The van der Waals surface area contributed by atoms with E-state index in [-0.39, 0.29) is 17.9 Å². The second kappa shape index (κ2) is 10.8. The van der Waals surface area contributed by atoms with Gasteiger partial charge in [-0.25, -0.2) is 9.80 Å². The number of nitrogens with one attached hydrogen (secondary N) is 3. The molecule has 3 N–H and O–H groups in total. The molecule has 0 unspecified atom stereocenters. The van der Waals surface area contributed by atoms with Crippen LogP contribution in [-0.2, 0) is 4.74 Å². The van der Waals surface area contributed by atoms with Crippen molar-refractivity contribution in [2.45, 2.75) is 25.8 Å². The van der Waals surface area contributed by atoms with Crippen molar-refractivity contribution >= 4 is 23.2 Å². The smallest absolute Gasteiger partial charge is 0.333 e. The Bertz CT molecular complexity index is 1360. The molecule has 3 aliphatic rings. The maximum Gasteiger partial charge on any atom is 0.333 e. The normalized spacial score (nSPS) is 17.8. The molecule has 3 heterocycles. The fourth-order valence-corrected chi connectivity index (χ4v) is 5.83.